The minimum absolute atomic E-state index is 0.0163. The Morgan fingerprint density at radius 3 is 2.85 bits per heavy atom. The van der Waals surface area contributed by atoms with Gasteiger partial charge in [-0.15, -0.1) is 22.7 Å². The molecule has 1 aliphatic heterocycles. The summed E-state index contributed by atoms with van der Waals surface area (Å²) < 4.78 is 0.945. The first kappa shape index (κ1) is 16.7. The lowest BCUT2D eigenvalue weighted by atomic mass is 10.0. The van der Waals surface area contributed by atoms with Gasteiger partial charge in [-0.3, -0.25) is 9.59 Å². The average Bonchev–Trinajstić information content (AvgIpc) is 3.21. The zero-order valence-electron chi connectivity index (χ0n) is 13.9. The van der Waals surface area contributed by atoms with E-state index in [9.17, 15) is 14.9 Å². The van der Waals surface area contributed by atoms with Crippen molar-refractivity contribution in [3.05, 3.63) is 45.3 Å². The number of rotatable bonds is 2. The molecule has 0 atom stereocenters. The number of nitrogens with one attached hydrogen (secondary N) is 1. The predicted molar refractivity (Wildman–Crippen MR) is 101 cm³/mol. The summed E-state index contributed by atoms with van der Waals surface area (Å²) in [5.41, 5.74) is 2.22. The molecule has 0 spiro atoms. The van der Waals surface area contributed by atoms with Crippen molar-refractivity contribution in [2.24, 2.45) is 0 Å². The highest BCUT2D eigenvalue weighted by atomic mass is 32.1. The Hall–Kier alpha value is -2.76. The number of carbonyl (C=O) groups is 2. The van der Waals surface area contributed by atoms with Crippen molar-refractivity contribution in [2.75, 3.05) is 11.9 Å². The van der Waals surface area contributed by atoms with Crippen molar-refractivity contribution in [1.82, 2.24) is 9.88 Å². The number of thiophene rings is 1. The number of fused-ring (bicyclic) bond motifs is 2. The van der Waals surface area contributed by atoms with Crippen LogP contribution in [-0.2, 0) is 17.8 Å². The van der Waals surface area contributed by atoms with E-state index in [1.54, 1.807) is 11.8 Å². The van der Waals surface area contributed by atoms with Crippen molar-refractivity contribution in [3.63, 3.8) is 0 Å². The maximum atomic E-state index is 12.6. The van der Waals surface area contributed by atoms with E-state index in [-0.39, 0.29) is 11.8 Å². The normalized spacial score (nSPS) is 13.3. The van der Waals surface area contributed by atoms with Gasteiger partial charge >= 0.3 is 0 Å². The van der Waals surface area contributed by atoms with Crippen molar-refractivity contribution in [2.45, 2.75) is 19.9 Å². The minimum Gasteiger partial charge on any atom is -0.337 e. The second-order valence-corrected chi connectivity index (χ2v) is 8.09. The number of hydrogen-bond donors (Lipinski definition) is 1. The highest BCUT2D eigenvalue weighted by molar-refractivity contribution is 7.20. The third kappa shape index (κ3) is 2.85. The van der Waals surface area contributed by atoms with Crippen molar-refractivity contribution in [1.29, 1.82) is 5.26 Å². The largest absolute Gasteiger partial charge is 0.337 e. The molecule has 26 heavy (non-hydrogen) atoms. The summed E-state index contributed by atoms with van der Waals surface area (Å²) >= 11 is 2.69. The van der Waals surface area contributed by atoms with Crippen LogP contribution >= 0.6 is 22.7 Å². The lowest BCUT2D eigenvalue weighted by molar-refractivity contribution is -0.129. The van der Waals surface area contributed by atoms with Gasteiger partial charge in [-0.25, -0.2) is 4.98 Å². The van der Waals surface area contributed by atoms with Crippen molar-refractivity contribution < 1.29 is 9.59 Å². The van der Waals surface area contributed by atoms with Crippen LogP contribution in [0.2, 0.25) is 0 Å². The van der Waals surface area contributed by atoms with Crippen molar-refractivity contribution >= 4 is 49.7 Å². The number of aromatic nitrogens is 1. The van der Waals surface area contributed by atoms with Gasteiger partial charge in [-0.2, -0.15) is 5.26 Å². The van der Waals surface area contributed by atoms with E-state index >= 15 is 0 Å². The van der Waals surface area contributed by atoms with E-state index in [0.29, 0.717) is 35.1 Å². The fourth-order valence-corrected chi connectivity index (χ4v) is 5.07. The van der Waals surface area contributed by atoms with E-state index in [1.165, 1.54) is 22.7 Å². The lowest BCUT2D eigenvalue weighted by Gasteiger charge is -2.25. The van der Waals surface area contributed by atoms with Crippen LogP contribution in [0.5, 0.6) is 0 Å². The molecule has 0 fully saturated rings. The smallest absolute Gasteiger partial charge is 0.285 e. The molecule has 4 rings (SSSR count). The summed E-state index contributed by atoms with van der Waals surface area (Å²) in [6, 6.07) is 9.78. The zero-order chi connectivity index (χ0) is 18.3. The summed E-state index contributed by atoms with van der Waals surface area (Å²) in [6.45, 7) is 2.62. The number of nitrogens with zero attached hydrogens (tertiary/aromatic N) is 3. The molecule has 1 aliphatic rings. The van der Waals surface area contributed by atoms with E-state index < -0.39 is 0 Å². The molecule has 0 radical (unpaired) electrons. The Balaban J connectivity index is 1.63. The third-order valence-corrected chi connectivity index (χ3v) is 6.50. The molecular formula is C18H14N4O2S2. The molecule has 0 bridgehead atoms. The van der Waals surface area contributed by atoms with Gasteiger partial charge in [0.1, 0.15) is 11.1 Å². The molecule has 0 aliphatic carbocycles. The molecule has 3 aromatic rings. The standard InChI is InChI=1S/C18H14N4O2S2/c1-10(23)22-7-6-11-12(8-19)17(26-15(11)9-22)21-16(24)18-20-13-4-2-3-5-14(13)25-18/h2-5H,6-7,9H2,1H3,(H,21,24). The van der Waals surface area contributed by atoms with Gasteiger partial charge in [0.2, 0.25) is 5.91 Å². The van der Waals surface area contributed by atoms with Gasteiger partial charge in [0.25, 0.3) is 5.91 Å². The minimum atomic E-state index is -0.315. The molecule has 3 heterocycles. The highest BCUT2D eigenvalue weighted by Crippen LogP contribution is 2.37. The van der Waals surface area contributed by atoms with Gasteiger partial charge < -0.3 is 10.2 Å². The molecule has 8 heteroatoms. The predicted octanol–water partition coefficient (Wildman–Crippen LogP) is 3.39. The van der Waals surface area contributed by atoms with Gasteiger partial charge in [0.15, 0.2) is 5.01 Å². The molecule has 2 amide bonds. The first-order valence-corrected chi connectivity index (χ1v) is 9.67. The molecular weight excluding hydrogens is 368 g/mol. The summed E-state index contributed by atoms with van der Waals surface area (Å²) in [4.78, 5) is 31.3. The van der Waals surface area contributed by atoms with Crippen LogP contribution < -0.4 is 5.32 Å². The highest BCUT2D eigenvalue weighted by Gasteiger charge is 2.26. The van der Waals surface area contributed by atoms with Gasteiger partial charge in [0.05, 0.1) is 22.3 Å². The Morgan fingerprint density at radius 2 is 2.12 bits per heavy atom. The van der Waals surface area contributed by atoms with Gasteiger partial charge in [-0.1, -0.05) is 12.1 Å². The molecule has 130 valence electrons. The first-order valence-electron chi connectivity index (χ1n) is 8.04. The summed E-state index contributed by atoms with van der Waals surface area (Å²) in [5, 5.41) is 13.3. The van der Waals surface area contributed by atoms with E-state index in [2.05, 4.69) is 16.4 Å². The van der Waals surface area contributed by atoms with Gasteiger partial charge in [-0.05, 0) is 24.1 Å². The maximum Gasteiger partial charge on any atom is 0.285 e. The SMILES string of the molecule is CC(=O)N1CCc2c(sc(NC(=O)c3nc4ccccc4s3)c2C#N)C1. The molecule has 2 aromatic heterocycles. The molecule has 1 N–H and O–H groups in total. The molecule has 0 unspecified atom stereocenters. The monoisotopic (exact) mass is 382 g/mol. The van der Waals surface area contributed by atoms with Crippen molar-refractivity contribution in [3.8, 4) is 6.07 Å². The number of carbonyl (C=O) groups excluding carboxylic acids is 2. The lowest BCUT2D eigenvalue weighted by Crippen LogP contribution is -2.33. The fraction of sp³-hybridized carbons (Fsp3) is 0.222. The average molecular weight is 382 g/mol. The summed E-state index contributed by atoms with van der Waals surface area (Å²) in [7, 11) is 0. The molecule has 0 saturated carbocycles. The number of anilines is 1. The topological polar surface area (TPSA) is 86.1 Å². The van der Waals surface area contributed by atoms with Crippen LogP contribution in [0.1, 0.15) is 32.7 Å². The molecule has 1 aromatic carbocycles. The maximum absolute atomic E-state index is 12.6. The van der Waals surface area contributed by atoms with Crippen LogP contribution in [0, 0.1) is 11.3 Å². The van der Waals surface area contributed by atoms with E-state index in [0.717, 1.165) is 20.7 Å². The van der Waals surface area contributed by atoms with Crippen LogP contribution in [0.4, 0.5) is 5.00 Å². The number of thiazole rings is 1. The quantitative estimate of drug-likeness (QED) is 0.736. The number of amides is 2. The summed E-state index contributed by atoms with van der Waals surface area (Å²) in [5.74, 6) is -0.299. The number of benzene rings is 1. The van der Waals surface area contributed by atoms with E-state index in [1.807, 2.05) is 24.3 Å². The van der Waals surface area contributed by atoms with E-state index in [4.69, 9.17) is 0 Å². The Morgan fingerprint density at radius 1 is 1.31 bits per heavy atom. The zero-order valence-corrected chi connectivity index (χ0v) is 15.5. The fourth-order valence-electron chi connectivity index (χ4n) is 3.00. The second-order valence-electron chi connectivity index (χ2n) is 5.95. The van der Waals surface area contributed by atoms with Crippen LogP contribution in [-0.4, -0.2) is 28.2 Å². The number of nitriles is 1. The van der Waals surface area contributed by atoms with Crippen LogP contribution in [0.3, 0.4) is 0 Å². The number of hydrogen-bond acceptors (Lipinski definition) is 6. The van der Waals surface area contributed by atoms with Gasteiger partial charge in [0, 0.05) is 18.3 Å². The Bertz CT molecular complexity index is 1040. The summed E-state index contributed by atoms with van der Waals surface area (Å²) in [6.07, 6.45) is 0.630. The first-order chi connectivity index (χ1) is 12.6. The molecule has 0 saturated heterocycles. The molecule has 6 nitrogen and oxygen atoms in total. The second kappa shape index (κ2) is 6.52. The third-order valence-electron chi connectivity index (χ3n) is 4.33. The van der Waals surface area contributed by atoms with Crippen LogP contribution in [0.25, 0.3) is 10.2 Å². The Labute approximate surface area is 157 Å². The Kier molecular flexibility index (Phi) is 4.18. The number of para-hydroxylation sites is 1. The van der Waals surface area contributed by atoms with Crippen LogP contribution in [0.15, 0.2) is 24.3 Å².